The molecule has 0 saturated carbocycles. The van der Waals surface area contributed by atoms with Crippen molar-refractivity contribution < 1.29 is 28.6 Å². The zero-order chi connectivity index (χ0) is 46.5. The van der Waals surface area contributed by atoms with Gasteiger partial charge < -0.3 is 14.2 Å². The molecule has 0 aliphatic heterocycles. The summed E-state index contributed by atoms with van der Waals surface area (Å²) < 4.78 is 16.8. The first-order chi connectivity index (χ1) is 31.5. The van der Waals surface area contributed by atoms with Crippen LogP contribution in [0.15, 0.2) is 36.5 Å². The molecule has 374 valence electrons. The molecule has 0 fully saturated rings. The van der Waals surface area contributed by atoms with Crippen molar-refractivity contribution in [2.45, 2.75) is 303 Å². The zero-order valence-electron chi connectivity index (χ0n) is 42.8. The minimum Gasteiger partial charge on any atom is -0.462 e. The second-order valence-electron chi connectivity index (χ2n) is 18.8. The number of carbonyl (C=O) groups excluding carboxylic acids is 3. The molecule has 0 amide bonds. The predicted octanol–water partition coefficient (Wildman–Crippen LogP) is 18.5. The Morgan fingerprint density at radius 3 is 0.906 bits per heavy atom. The largest absolute Gasteiger partial charge is 0.462 e. The maximum absolute atomic E-state index is 12.8. The molecule has 64 heavy (non-hydrogen) atoms. The van der Waals surface area contributed by atoms with Gasteiger partial charge in [0.1, 0.15) is 13.2 Å². The molecule has 6 heteroatoms. The van der Waals surface area contributed by atoms with Crippen LogP contribution in [0.5, 0.6) is 0 Å². The van der Waals surface area contributed by atoms with Gasteiger partial charge in [-0.25, -0.2) is 0 Å². The summed E-state index contributed by atoms with van der Waals surface area (Å²) in [5.74, 6) is -0.877. The molecule has 0 aromatic rings. The fourth-order valence-corrected chi connectivity index (χ4v) is 8.12. The number of hydrogen-bond donors (Lipinski definition) is 0. The lowest BCUT2D eigenvalue weighted by Gasteiger charge is -2.18. The summed E-state index contributed by atoms with van der Waals surface area (Å²) in [7, 11) is 0. The van der Waals surface area contributed by atoms with Gasteiger partial charge in [-0.15, -0.1) is 0 Å². The molecule has 6 nitrogen and oxygen atoms in total. The van der Waals surface area contributed by atoms with Crippen LogP contribution in [0.3, 0.4) is 0 Å². The molecule has 0 aromatic carbocycles. The van der Waals surface area contributed by atoms with Crippen LogP contribution in [-0.2, 0) is 28.6 Å². The molecule has 1 atom stereocenters. The Kier molecular flexibility index (Phi) is 51.3. The van der Waals surface area contributed by atoms with Crippen molar-refractivity contribution in [3.63, 3.8) is 0 Å². The van der Waals surface area contributed by atoms with Crippen LogP contribution < -0.4 is 0 Å². The van der Waals surface area contributed by atoms with Crippen LogP contribution in [0.1, 0.15) is 297 Å². The van der Waals surface area contributed by atoms with E-state index in [4.69, 9.17) is 14.2 Å². The highest BCUT2D eigenvalue weighted by Gasteiger charge is 2.19. The maximum Gasteiger partial charge on any atom is 0.306 e. The molecule has 0 spiro atoms. The van der Waals surface area contributed by atoms with E-state index in [9.17, 15) is 14.4 Å². The molecule has 0 heterocycles. The molecule has 0 saturated heterocycles. The van der Waals surface area contributed by atoms with E-state index in [1.807, 2.05) is 0 Å². The minimum atomic E-state index is -0.775. The van der Waals surface area contributed by atoms with Crippen LogP contribution in [0.25, 0.3) is 0 Å². The quantitative estimate of drug-likeness (QED) is 0.0262. The number of allylic oxidation sites excluding steroid dienone is 6. The van der Waals surface area contributed by atoms with Crippen LogP contribution in [-0.4, -0.2) is 37.2 Å². The lowest BCUT2D eigenvalue weighted by atomic mass is 10.0. The lowest BCUT2D eigenvalue weighted by Crippen LogP contribution is -2.30. The summed E-state index contributed by atoms with van der Waals surface area (Å²) in [6.45, 7) is 6.62. The van der Waals surface area contributed by atoms with Crippen molar-refractivity contribution in [2.24, 2.45) is 0 Å². The highest BCUT2D eigenvalue weighted by atomic mass is 16.6. The number of ether oxygens (including phenoxy) is 3. The molecule has 0 aromatic heterocycles. The third kappa shape index (κ3) is 50.6. The van der Waals surface area contributed by atoms with E-state index in [1.165, 1.54) is 180 Å². The number of hydrogen-bond acceptors (Lipinski definition) is 6. The molecular weight excluding hydrogens is 793 g/mol. The fraction of sp³-hybridized carbons (Fsp3) is 0.845. The third-order valence-corrected chi connectivity index (χ3v) is 12.4. The van der Waals surface area contributed by atoms with Crippen molar-refractivity contribution in [3.8, 4) is 0 Å². The van der Waals surface area contributed by atoms with Gasteiger partial charge in [0.15, 0.2) is 6.10 Å². The Morgan fingerprint density at radius 1 is 0.312 bits per heavy atom. The Hall–Kier alpha value is -2.37. The van der Waals surface area contributed by atoms with Crippen molar-refractivity contribution >= 4 is 17.9 Å². The summed E-state index contributed by atoms with van der Waals surface area (Å²) >= 11 is 0. The average Bonchev–Trinajstić information content (AvgIpc) is 3.29. The highest BCUT2D eigenvalue weighted by Crippen LogP contribution is 2.16. The van der Waals surface area contributed by atoms with E-state index in [0.717, 1.165) is 77.0 Å². The molecule has 0 rings (SSSR count). The van der Waals surface area contributed by atoms with Gasteiger partial charge in [0.2, 0.25) is 0 Å². The van der Waals surface area contributed by atoms with Crippen LogP contribution >= 0.6 is 0 Å². The van der Waals surface area contributed by atoms with Gasteiger partial charge in [-0.2, -0.15) is 0 Å². The smallest absolute Gasteiger partial charge is 0.306 e. The van der Waals surface area contributed by atoms with Gasteiger partial charge in [0.25, 0.3) is 0 Å². The Labute approximate surface area is 397 Å². The number of esters is 3. The van der Waals surface area contributed by atoms with Gasteiger partial charge in [-0.1, -0.05) is 237 Å². The Morgan fingerprint density at radius 2 is 0.562 bits per heavy atom. The Balaban J connectivity index is 4.32. The second-order valence-corrected chi connectivity index (χ2v) is 18.8. The monoisotopic (exact) mass is 899 g/mol. The van der Waals surface area contributed by atoms with Crippen LogP contribution in [0.2, 0.25) is 0 Å². The summed E-state index contributed by atoms with van der Waals surface area (Å²) in [5.41, 5.74) is 0. The number of rotatable bonds is 51. The summed E-state index contributed by atoms with van der Waals surface area (Å²) in [6, 6.07) is 0. The van der Waals surface area contributed by atoms with Crippen molar-refractivity contribution in [1.29, 1.82) is 0 Å². The van der Waals surface area contributed by atoms with Crippen molar-refractivity contribution in [1.82, 2.24) is 0 Å². The van der Waals surface area contributed by atoms with Gasteiger partial charge in [-0.3, -0.25) is 14.4 Å². The highest BCUT2D eigenvalue weighted by molar-refractivity contribution is 5.71. The second kappa shape index (κ2) is 53.2. The van der Waals surface area contributed by atoms with Gasteiger partial charge in [-0.05, 0) is 77.0 Å². The van der Waals surface area contributed by atoms with Crippen LogP contribution in [0, 0.1) is 0 Å². The summed E-state index contributed by atoms with van der Waals surface area (Å²) in [4.78, 5) is 38.1. The first kappa shape index (κ1) is 61.6. The zero-order valence-corrected chi connectivity index (χ0v) is 42.8. The van der Waals surface area contributed by atoms with Crippen molar-refractivity contribution in [2.75, 3.05) is 13.2 Å². The van der Waals surface area contributed by atoms with E-state index < -0.39 is 6.10 Å². The van der Waals surface area contributed by atoms with E-state index in [2.05, 4.69) is 57.2 Å². The predicted molar refractivity (Wildman–Crippen MR) is 275 cm³/mol. The maximum atomic E-state index is 12.8. The molecule has 0 radical (unpaired) electrons. The van der Waals surface area contributed by atoms with Gasteiger partial charge in [0.05, 0.1) is 0 Å². The van der Waals surface area contributed by atoms with Gasteiger partial charge in [0, 0.05) is 19.3 Å². The first-order valence-corrected chi connectivity index (χ1v) is 28.0. The topological polar surface area (TPSA) is 78.9 Å². The normalized spacial score (nSPS) is 12.2. The molecule has 0 aliphatic carbocycles. The minimum absolute atomic E-state index is 0.0745. The molecular formula is C58H106O6. The Bertz CT molecular complexity index is 1080. The van der Waals surface area contributed by atoms with E-state index in [0.29, 0.717) is 19.3 Å². The molecule has 0 unspecified atom stereocenters. The van der Waals surface area contributed by atoms with E-state index in [1.54, 1.807) is 0 Å². The summed E-state index contributed by atoms with van der Waals surface area (Å²) in [5, 5.41) is 0. The SMILES string of the molecule is CCCCC/C=C\C/C=C\CCCCCCCC(=O)OC[C@H](COC(=O)CCCCCCCCCCC/C=C\CCCCCCCC)OC(=O)CCCCCCCCCCCCCC. The fourth-order valence-electron chi connectivity index (χ4n) is 8.12. The molecule has 0 N–H and O–H groups in total. The average molecular weight is 899 g/mol. The number of carbonyl (C=O) groups is 3. The van der Waals surface area contributed by atoms with Crippen LogP contribution in [0.4, 0.5) is 0 Å². The third-order valence-electron chi connectivity index (χ3n) is 12.4. The lowest BCUT2D eigenvalue weighted by molar-refractivity contribution is -0.167. The number of unbranched alkanes of at least 4 members (excludes halogenated alkanes) is 34. The van der Waals surface area contributed by atoms with E-state index in [-0.39, 0.29) is 31.1 Å². The van der Waals surface area contributed by atoms with Crippen molar-refractivity contribution in [3.05, 3.63) is 36.5 Å². The summed E-state index contributed by atoms with van der Waals surface area (Å²) in [6.07, 6.45) is 62.7. The van der Waals surface area contributed by atoms with Gasteiger partial charge >= 0.3 is 17.9 Å². The molecule has 0 aliphatic rings. The van der Waals surface area contributed by atoms with E-state index >= 15 is 0 Å². The first-order valence-electron chi connectivity index (χ1n) is 28.0. The molecule has 0 bridgehead atoms. The standard InChI is InChI=1S/C58H106O6/c1-4-7-10-13-16-19-22-25-27-28-29-30-32-34-37-39-42-45-48-51-57(60)63-54-55(64-58(61)52-49-46-43-40-35-24-21-18-15-12-9-6-3)53-62-56(59)50-47-44-41-38-36-33-31-26-23-20-17-14-11-8-5-2/h17,20,25-27,31,55H,4-16,18-19,21-24,28-30,32-54H2,1-3H3/b20-17-,27-25-,31-26-/t55-/m1/s1.